The molecule has 5 heteroatoms. The van der Waals surface area contributed by atoms with Gasteiger partial charge in [0.05, 0.1) is 10.2 Å². The number of carbonyl (C=O) groups is 1. The molecule has 0 aliphatic carbocycles. The van der Waals surface area contributed by atoms with E-state index in [1.807, 2.05) is 30.3 Å². The normalized spacial score (nSPS) is 20.9. The Balaban J connectivity index is 1.98. The first-order valence-electron chi connectivity index (χ1n) is 6.19. The number of amides is 1. The summed E-state index contributed by atoms with van der Waals surface area (Å²) in [6, 6.07) is 14.8. The third-order valence-corrected chi connectivity index (χ3v) is 4.64. The van der Waals surface area contributed by atoms with Crippen LogP contribution in [0.3, 0.4) is 0 Å². The Hall–Kier alpha value is -2.24. The minimum Gasteiger partial charge on any atom is -0.370 e. The smallest absolute Gasteiger partial charge is 0.268 e. The highest BCUT2D eigenvalue weighted by Crippen LogP contribution is 2.42. The van der Waals surface area contributed by atoms with Crippen molar-refractivity contribution < 1.29 is 9.90 Å². The Morgan fingerprint density at radius 3 is 2.70 bits per heavy atom. The Morgan fingerprint density at radius 1 is 1.10 bits per heavy atom. The zero-order valence-corrected chi connectivity index (χ0v) is 11.1. The van der Waals surface area contributed by atoms with E-state index in [0.717, 1.165) is 10.2 Å². The molecule has 1 aromatic heterocycles. The van der Waals surface area contributed by atoms with Crippen LogP contribution in [-0.2, 0) is 10.4 Å². The van der Waals surface area contributed by atoms with Gasteiger partial charge in [0.15, 0.2) is 0 Å². The van der Waals surface area contributed by atoms with E-state index in [1.165, 1.54) is 11.3 Å². The highest BCUT2D eigenvalue weighted by atomic mass is 32.1. The molecule has 0 spiro atoms. The first-order valence-corrected chi connectivity index (χ1v) is 7.00. The Labute approximate surface area is 118 Å². The maximum atomic E-state index is 12.2. The van der Waals surface area contributed by atoms with Gasteiger partial charge in [-0.2, -0.15) is 0 Å². The predicted octanol–water partition coefficient (Wildman–Crippen LogP) is 2.48. The van der Waals surface area contributed by atoms with Crippen LogP contribution in [0.2, 0.25) is 0 Å². The van der Waals surface area contributed by atoms with Gasteiger partial charge in [0.25, 0.3) is 5.91 Å². The monoisotopic (exact) mass is 282 g/mol. The van der Waals surface area contributed by atoms with Crippen LogP contribution in [0.25, 0.3) is 10.2 Å². The lowest BCUT2D eigenvalue weighted by Gasteiger charge is -2.17. The number of para-hydroxylation sites is 2. The summed E-state index contributed by atoms with van der Waals surface area (Å²) < 4.78 is 0.952. The summed E-state index contributed by atoms with van der Waals surface area (Å²) in [7, 11) is 0. The second-order valence-electron chi connectivity index (χ2n) is 4.70. The summed E-state index contributed by atoms with van der Waals surface area (Å²) in [6.45, 7) is 0. The van der Waals surface area contributed by atoms with Crippen molar-refractivity contribution in [2.45, 2.75) is 5.60 Å². The Kier molecular flexibility index (Phi) is 2.24. The molecule has 0 saturated carbocycles. The van der Waals surface area contributed by atoms with E-state index in [1.54, 1.807) is 18.2 Å². The number of nitrogens with zero attached hydrogens (tertiary/aromatic N) is 1. The molecule has 2 N–H and O–H groups in total. The number of hydrogen-bond donors (Lipinski definition) is 2. The van der Waals surface area contributed by atoms with Gasteiger partial charge < -0.3 is 10.4 Å². The molecule has 98 valence electrons. The van der Waals surface area contributed by atoms with E-state index in [4.69, 9.17) is 0 Å². The highest BCUT2D eigenvalue weighted by Gasteiger charge is 2.49. The maximum Gasteiger partial charge on any atom is 0.268 e. The first-order chi connectivity index (χ1) is 9.69. The zero-order valence-electron chi connectivity index (χ0n) is 10.3. The fraction of sp³-hybridized carbons (Fsp3) is 0.0667. The molecular formula is C15H10N2O2S. The van der Waals surface area contributed by atoms with E-state index in [0.29, 0.717) is 16.3 Å². The summed E-state index contributed by atoms with van der Waals surface area (Å²) in [5, 5.41) is 14.0. The summed E-state index contributed by atoms with van der Waals surface area (Å²) in [4.78, 5) is 16.7. The first kappa shape index (κ1) is 11.6. The topological polar surface area (TPSA) is 62.2 Å². The van der Waals surface area contributed by atoms with E-state index in [-0.39, 0.29) is 0 Å². The average Bonchev–Trinajstić information content (AvgIpc) is 3.00. The maximum absolute atomic E-state index is 12.2. The fourth-order valence-electron chi connectivity index (χ4n) is 2.48. The number of aromatic nitrogens is 1. The Morgan fingerprint density at radius 2 is 1.85 bits per heavy atom. The van der Waals surface area contributed by atoms with Crippen molar-refractivity contribution in [3.05, 3.63) is 59.1 Å². The number of rotatable bonds is 1. The zero-order chi connectivity index (χ0) is 13.7. The lowest BCUT2D eigenvalue weighted by atomic mass is 9.96. The average molecular weight is 282 g/mol. The van der Waals surface area contributed by atoms with Crippen LogP contribution in [0.15, 0.2) is 48.5 Å². The molecular weight excluding hydrogens is 272 g/mol. The van der Waals surface area contributed by atoms with Crippen molar-refractivity contribution in [1.82, 2.24) is 4.98 Å². The molecule has 3 aromatic rings. The second kappa shape index (κ2) is 3.88. The molecule has 0 fully saturated rings. The van der Waals surface area contributed by atoms with Crippen molar-refractivity contribution in [1.29, 1.82) is 0 Å². The van der Waals surface area contributed by atoms with Crippen LogP contribution in [-0.4, -0.2) is 16.0 Å². The Bertz CT molecular complexity index is 810. The van der Waals surface area contributed by atoms with Gasteiger partial charge in [-0.15, -0.1) is 11.3 Å². The SMILES string of the molecule is O=C1Nc2ccccc2C1(O)c1nc2ccccc2s1. The van der Waals surface area contributed by atoms with Crippen LogP contribution < -0.4 is 5.32 Å². The van der Waals surface area contributed by atoms with E-state index in [9.17, 15) is 9.90 Å². The molecule has 4 nitrogen and oxygen atoms in total. The van der Waals surface area contributed by atoms with E-state index < -0.39 is 11.5 Å². The van der Waals surface area contributed by atoms with E-state index >= 15 is 0 Å². The number of fused-ring (bicyclic) bond motifs is 2. The number of thiazole rings is 1. The summed E-state index contributed by atoms with van der Waals surface area (Å²) >= 11 is 1.34. The van der Waals surface area contributed by atoms with Gasteiger partial charge in [0.1, 0.15) is 5.01 Å². The van der Waals surface area contributed by atoms with Crippen LogP contribution in [0.1, 0.15) is 10.6 Å². The lowest BCUT2D eigenvalue weighted by Crippen LogP contribution is -2.35. The van der Waals surface area contributed by atoms with Crippen molar-refractivity contribution in [3.63, 3.8) is 0 Å². The van der Waals surface area contributed by atoms with Gasteiger partial charge in [-0.05, 0) is 18.2 Å². The van der Waals surface area contributed by atoms with E-state index in [2.05, 4.69) is 10.3 Å². The number of aliphatic hydroxyl groups is 1. The minimum absolute atomic E-state index is 0.404. The molecule has 1 unspecified atom stereocenters. The van der Waals surface area contributed by atoms with Crippen LogP contribution in [0.4, 0.5) is 5.69 Å². The number of benzene rings is 2. The molecule has 1 amide bonds. The van der Waals surface area contributed by atoms with Gasteiger partial charge in [-0.25, -0.2) is 4.98 Å². The third-order valence-electron chi connectivity index (χ3n) is 3.50. The number of carbonyl (C=O) groups excluding carboxylic acids is 1. The van der Waals surface area contributed by atoms with Crippen LogP contribution >= 0.6 is 11.3 Å². The molecule has 20 heavy (non-hydrogen) atoms. The minimum atomic E-state index is -1.69. The molecule has 2 heterocycles. The molecule has 0 saturated heterocycles. The summed E-state index contributed by atoms with van der Waals surface area (Å²) in [5.41, 5.74) is 0.293. The predicted molar refractivity (Wildman–Crippen MR) is 77.7 cm³/mol. The third kappa shape index (κ3) is 1.39. The molecule has 1 aliphatic rings. The number of nitrogens with one attached hydrogen (secondary N) is 1. The molecule has 0 bridgehead atoms. The van der Waals surface area contributed by atoms with Crippen LogP contribution in [0, 0.1) is 0 Å². The molecule has 1 aliphatic heterocycles. The van der Waals surface area contributed by atoms with Gasteiger partial charge in [-0.1, -0.05) is 30.3 Å². The van der Waals surface area contributed by atoms with Gasteiger partial charge in [-0.3, -0.25) is 4.79 Å². The molecule has 2 aromatic carbocycles. The summed E-state index contributed by atoms with van der Waals surface area (Å²) in [5.74, 6) is -0.447. The van der Waals surface area contributed by atoms with Gasteiger partial charge in [0, 0.05) is 11.3 Å². The molecule has 1 atom stereocenters. The second-order valence-corrected chi connectivity index (χ2v) is 5.73. The summed E-state index contributed by atoms with van der Waals surface area (Å²) in [6.07, 6.45) is 0. The quantitative estimate of drug-likeness (QED) is 0.721. The lowest BCUT2D eigenvalue weighted by molar-refractivity contribution is -0.129. The fourth-order valence-corrected chi connectivity index (χ4v) is 3.55. The largest absolute Gasteiger partial charge is 0.370 e. The standard InChI is InChI=1S/C15H10N2O2S/c18-13-15(19,9-5-1-2-6-10(9)16-13)14-17-11-7-3-4-8-12(11)20-14/h1-8,19H,(H,16,18). The molecule has 4 rings (SSSR count). The highest BCUT2D eigenvalue weighted by molar-refractivity contribution is 7.18. The van der Waals surface area contributed by atoms with Crippen molar-refractivity contribution in [2.75, 3.05) is 5.32 Å². The van der Waals surface area contributed by atoms with Crippen molar-refractivity contribution in [3.8, 4) is 0 Å². The van der Waals surface area contributed by atoms with Gasteiger partial charge in [0.2, 0.25) is 5.60 Å². The van der Waals surface area contributed by atoms with Crippen molar-refractivity contribution >= 4 is 33.1 Å². The number of anilines is 1. The van der Waals surface area contributed by atoms with Crippen molar-refractivity contribution in [2.24, 2.45) is 0 Å². The number of hydrogen-bond acceptors (Lipinski definition) is 4. The van der Waals surface area contributed by atoms with Gasteiger partial charge >= 0.3 is 0 Å². The molecule has 0 radical (unpaired) electrons. The van der Waals surface area contributed by atoms with Crippen LogP contribution in [0.5, 0.6) is 0 Å².